The number of nitrogens with zero attached hydrogens (tertiary/aromatic N) is 1. The predicted octanol–water partition coefficient (Wildman–Crippen LogP) is 5.55. The molecule has 1 aliphatic rings. The van der Waals surface area contributed by atoms with E-state index >= 15 is 0 Å². The zero-order chi connectivity index (χ0) is 21.2. The van der Waals surface area contributed by atoms with Crippen molar-refractivity contribution in [3.63, 3.8) is 0 Å². The minimum atomic E-state index is -4.69. The third-order valence-electron chi connectivity index (χ3n) is 4.75. The average Bonchev–Trinajstić information content (AvgIpc) is 3.01. The van der Waals surface area contributed by atoms with Crippen molar-refractivity contribution in [1.82, 2.24) is 4.90 Å². The number of hydrogen-bond donors (Lipinski definition) is 0. The minimum Gasteiger partial charge on any atom is -0.496 e. The Balaban J connectivity index is 1.86. The summed E-state index contributed by atoms with van der Waals surface area (Å²) in [6, 6.07) is 9.93. The van der Waals surface area contributed by atoms with Gasteiger partial charge < -0.3 is 14.2 Å². The van der Waals surface area contributed by atoms with E-state index in [4.69, 9.17) is 9.47 Å². The van der Waals surface area contributed by atoms with Crippen molar-refractivity contribution in [2.45, 2.75) is 37.4 Å². The second-order valence-electron chi connectivity index (χ2n) is 6.95. The Morgan fingerprint density at radius 2 is 1.76 bits per heavy atom. The van der Waals surface area contributed by atoms with Crippen LogP contribution in [0.1, 0.15) is 29.0 Å². The summed E-state index contributed by atoms with van der Waals surface area (Å²) in [4.78, 5) is 2.29. The molecule has 2 unspecified atom stereocenters. The van der Waals surface area contributed by atoms with Gasteiger partial charge in [-0.3, -0.25) is 4.90 Å². The molecule has 3 rings (SSSR count). The van der Waals surface area contributed by atoms with Crippen molar-refractivity contribution in [2.24, 2.45) is 0 Å². The third kappa shape index (κ3) is 5.11. The molecule has 2 aromatic carbocycles. The van der Waals surface area contributed by atoms with Gasteiger partial charge in [0.1, 0.15) is 17.2 Å². The summed E-state index contributed by atoms with van der Waals surface area (Å²) in [7, 11) is 3.29. The summed E-state index contributed by atoms with van der Waals surface area (Å²) in [5.74, 6) is 1.34. The van der Waals surface area contributed by atoms with Gasteiger partial charge in [-0.05, 0) is 36.2 Å². The van der Waals surface area contributed by atoms with Gasteiger partial charge in [-0.2, -0.15) is 0 Å². The lowest BCUT2D eigenvalue weighted by atomic mass is 10.1. The average molecular weight is 427 g/mol. The third-order valence-corrected chi connectivity index (χ3v) is 6.16. The zero-order valence-electron chi connectivity index (χ0n) is 16.7. The fraction of sp³-hybridized carbons (Fsp3) is 0.429. The molecule has 2 atom stereocenters. The quantitative estimate of drug-likeness (QED) is 0.604. The van der Waals surface area contributed by atoms with Gasteiger partial charge >= 0.3 is 6.36 Å². The SMILES string of the molecule is COc1ccc(C)c(OC)c1C1SC(C)CN1Cc1ccc(OC(F)(F)F)cc1. The standard InChI is InChI=1S/C21H24F3NO3S/c1-13-5-10-17(26-3)18(19(13)27-4)20-25(11-14(2)29-20)12-15-6-8-16(9-7-15)28-21(22,23)24/h5-10,14,20H,11-12H2,1-4H3. The van der Waals surface area contributed by atoms with E-state index < -0.39 is 6.36 Å². The molecule has 0 aliphatic carbocycles. The van der Waals surface area contributed by atoms with E-state index in [-0.39, 0.29) is 11.1 Å². The molecule has 1 heterocycles. The first kappa shape index (κ1) is 21.6. The smallest absolute Gasteiger partial charge is 0.496 e. The Hall–Kier alpha value is -2.06. The fourth-order valence-corrected chi connectivity index (χ4v) is 4.99. The first-order valence-electron chi connectivity index (χ1n) is 9.17. The van der Waals surface area contributed by atoms with E-state index in [1.165, 1.54) is 12.1 Å². The van der Waals surface area contributed by atoms with Crippen LogP contribution in [0.5, 0.6) is 17.2 Å². The van der Waals surface area contributed by atoms with Crippen LogP contribution in [-0.4, -0.2) is 37.3 Å². The number of rotatable bonds is 6. The number of ether oxygens (including phenoxy) is 3. The van der Waals surface area contributed by atoms with Crippen molar-refractivity contribution in [2.75, 3.05) is 20.8 Å². The van der Waals surface area contributed by atoms with Gasteiger partial charge in [0.25, 0.3) is 0 Å². The molecule has 0 saturated carbocycles. The number of thioether (sulfide) groups is 1. The highest BCUT2D eigenvalue weighted by Gasteiger charge is 2.36. The molecule has 8 heteroatoms. The van der Waals surface area contributed by atoms with E-state index in [9.17, 15) is 13.2 Å². The van der Waals surface area contributed by atoms with Crippen LogP contribution in [0, 0.1) is 6.92 Å². The lowest BCUT2D eigenvalue weighted by Gasteiger charge is -2.27. The highest BCUT2D eigenvalue weighted by atomic mass is 32.2. The summed E-state index contributed by atoms with van der Waals surface area (Å²) in [5.41, 5.74) is 2.92. The van der Waals surface area contributed by atoms with Crippen molar-refractivity contribution in [1.29, 1.82) is 0 Å². The molecular weight excluding hydrogens is 403 g/mol. The molecule has 1 saturated heterocycles. The number of alkyl halides is 3. The lowest BCUT2D eigenvalue weighted by Crippen LogP contribution is -2.24. The van der Waals surface area contributed by atoms with Crippen molar-refractivity contribution in [3.8, 4) is 17.2 Å². The minimum absolute atomic E-state index is 0.0147. The first-order chi connectivity index (χ1) is 13.7. The second kappa shape index (κ2) is 8.75. The summed E-state index contributed by atoms with van der Waals surface area (Å²) in [6.07, 6.45) is -4.69. The Kier molecular flexibility index (Phi) is 6.53. The normalized spacial score (nSPS) is 20.0. The van der Waals surface area contributed by atoms with Gasteiger partial charge in [0.15, 0.2) is 0 Å². The molecule has 1 aliphatic heterocycles. The van der Waals surface area contributed by atoms with Crippen molar-refractivity contribution in [3.05, 3.63) is 53.1 Å². The van der Waals surface area contributed by atoms with Crippen LogP contribution in [0.15, 0.2) is 36.4 Å². The molecule has 0 radical (unpaired) electrons. The maximum atomic E-state index is 12.4. The van der Waals surface area contributed by atoms with E-state index in [0.717, 1.165) is 34.7 Å². The van der Waals surface area contributed by atoms with Gasteiger partial charge in [0.2, 0.25) is 0 Å². The molecule has 0 amide bonds. The highest BCUT2D eigenvalue weighted by molar-refractivity contribution is 8.00. The largest absolute Gasteiger partial charge is 0.573 e. The van der Waals surface area contributed by atoms with Gasteiger partial charge in [0.05, 0.1) is 25.2 Å². The Bertz CT molecular complexity index is 842. The second-order valence-corrected chi connectivity index (χ2v) is 8.48. The molecule has 1 fully saturated rings. The van der Waals surface area contributed by atoms with E-state index in [0.29, 0.717) is 11.8 Å². The lowest BCUT2D eigenvalue weighted by molar-refractivity contribution is -0.274. The monoisotopic (exact) mass is 427 g/mol. The summed E-state index contributed by atoms with van der Waals surface area (Å²) in [6.45, 7) is 5.59. The van der Waals surface area contributed by atoms with Gasteiger partial charge in [-0.15, -0.1) is 24.9 Å². The predicted molar refractivity (Wildman–Crippen MR) is 108 cm³/mol. The number of benzene rings is 2. The topological polar surface area (TPSA) is 30.9 Å². The number of hydrogen-bond acceptors (Lipinski definition) is 5. The maximum Gasteiger partial charge on any atom is 0.573 e. The molecule has 4 nitrogen and oxygen atoms in total. The van der Waals surface area contributed by atoms with Crippen molar-refractivity contribution < 1.29 is 27.4 Å². The number of methoxy groups -OCH3 is 2. The van der Waals surface area contributed by atoms with E-state index in [1.807, 2.05) is 30.8 Å². The number of aryl methyl sites for hydroxylation is 1. The summed E-state index contributed by atoms with van der Waals surface area (Å²) in [5, 5.41) is 0.406. The molecule has 29 heavy (non-hydrogen) atoms. The highest BCUT2D eigenvalue weighted by Crippen LogP contribution is 2.50. The molecule has 158 valence electrons. The summed E-state index contributed by atoms with van der Waals surface area (Å²) < 4.78 is 52.4. The molecule has 0 spiro atoms. The molecular formula is C21H24F3NO3S. The molecule has 0 N–H and O–H groups in total. The van der Waals surface area contributed by atoms with Crippen LogP contribution in [0.4, 0.5) is 13.2 Å². The Morgan fingerprint density at radius 1 is 1.07 bits per heavy atom. The van der Waals surface area contributed by atoms with Gasteiger partial charge in [-0.1, -0.05) is 25.1 Å². The maximum absolute atomic E-state index is 12.4. The Morgan fingerprint density at radius 3 is 2.34 bits per heavy atom. The van der Waals surface area contributed by atoms with Gasteiger partial charge in [-0.25, -0.2) is 0 Å². The number of halogens is 3. The van der Waals surface area contributed by atoms with Crippen LogP contribution in [-0.2, 0) is 6.54 Å². The van der Waals surface area contributed by atoms with Crippen LogP contribution in [0.2, 0.25) is 0 Å². The van der Waals surface area contributed by atoms with E-state index in [2.05, 4.69) is 16.6 Å². The molecule has 2 aromatic rings. The van der Waals surface area contributed by atoms with Crippen LogP contribution >= 0.6 is 11.8 Å². The van der Waals surface area contributed by atoms with Crippen LogP contribution in [0.3, 0.4) is 0 Å². The van der Waals surface area contributed by atoms with Crippen LogP contribution < -0.4 is 14.2 Å². The molecule has 0 bridgehead atoms. The van der Waals surface area contributed by atoms with Crippen molar-refractivity contribution >= 4 is 11.8 Å². The van der Waals surface area contributed by atoms with E-state index in [1.54, 1.807) is 26.4 Å². The first-order valence-corrected chi connectivity index (χ1v) is 10.1. The zero-order valence-corrected chi connectivity index (χ0v) is 17.6. The van der Waals surface area contributed by atoms with Gasteiger partial charge in [0, 0.05) is 18.3 Å². The Labute approximate surface area is 172 Å². The molecule has 0 aromatic heterocycles. The fourth-order valence-electron chi connectivity index (χ4n) is 3.58. The van der Waals surface area contributed by atoms with Crippen LogP contribution in [0.25, 0.3) is 0 Å². The summed E-state index contributed by atoms with van der Waals surface area (Å²) >= 11 is 1.82.